The highest BCUT2D eigenvalue weighted by atomic mass is 15.2. The van der Waals surface area contributed by atoms with E-state index in [4.69, 9.17) is 0 Å². The Morgan fingerprint density at radius 3 is 2.83 bits per heavy atom. The van der Waals surface area contributed by atoms with Crippen molar-refractivity contribution in [3.05, 3.63) is 54.4 Å². The van der Waals surface area contributed by atoms with Crippen LogP contribution in [0.4, 0.5) is 0 Å². The van der Waals surface area contributed by atoms with Crippen LogP contribution in [-0.4, -0.2) is 29.3 Å². The molecule has 3 rings (SSSR count). The molecular formula is C15H15N3. The third-order valence-electron chi connectivity index (χ3n) is 3.12. The van der Waals surface area contributed by atoms with Crippen molar-refractivity contribution in [1.29, 1.82) is 0 Å². The molecular weight excluding hydrogens is 222 g/mol. The molecule has 0 saturated carbocycles. The molecule has 0 bridgehead atoms. The van der Waals surface area contributed by atoms with Crippen LogP contribution >= 0.6 is 0 Å². The summed E-state index contributed by atoms with van der Waals surface area (Å²) >= 11 is 0. The van der Waals surface area contributed by atoms with E-state index in [0.717, 1.165) is 19.6 Å². The summed E-state index contributed by atoms with van der Waals surface area (Å²) in [7, 11) is 0. The van der Waals surface area contributed by atoms with Gasteiger partial charge in [-0.15, -0.1) is 0 Å². The van der Waals surface area contributed by atoms with Gasteiger partial charge in [0.2, 0.25) is 0 Å². The van der Waals surface area contributed by atoms with Crippen molar-refractivity contribution < 1.29 is 0 Å². The first-order chi connectivity index (χ1) is 8.93. The highest BCUT2D eigenvalue weighted by Crippen LogP contribution is 2.23. The van der Waals surface area contributed by atoms with Gasteiger partial charge < -0.3 is 4.90 Å². The van der Waals surface area contributed by atoms with Crippen LogP contribution in [0.3, 0.4) is 0 Å². The Bertz CT molecular complexity index is 549. The molecule has 0 aliphatic carbocycles. The zero-order valence-corrected chi connectivity index (χ0v) is 10.2. The van der Waals surface area contributed by atoms with Crippen LogP contribution in [0.25, 0.3) is 11.1 Å². The Labute approximate surface area is 107 Å². The first-order valence-corrected chi connectivity index (χ1v) is 6.16. The molecule has 0 fully saturated rings. The van der Waals surface area contributed by atoms with Crippen molar-refractivity contribution in [2.24, 2.45) is 4.99 Å². The normalized spacial score (nSPS) is 14.1. The van der Waals surface area contributed by atoms with Gasteiger partial charge in [-0.2, -0.15) is 0 Å². The van der Waals surface area contributed by atoms with E-state index in [1.165, 1.54) is 16.7 Å². The summed E-state index contributed by atoms with van der Waals surface area (Å²) in [5.74, 6) is 0. The van der Waals surface area contributed by atoms with Crippen LogP contribution in [-0.2, 0) is 6.54 Å². The van der Waals surface area contributed by atoms with Gasteiger partial charge >= 0.3 is 0 Å². The largest absolute Gasteiger partial charge is 0.357 e. The molecule has 1 aliphatic rings. The van der Waals surface area contributed by atoms with Crippen LogP contribution in [0.15, 0.2) is 53.8 Å². The first-order valence-electron chi connectivity index (χ1n) is 6.16. The van der Waals surface area contributed by atoms with Gasteiger partial charge in [-0.3, -0.25) is 9.98 Å². The third-order valence-corrected chi connectivity index (χ3v) is 3.12. The predicted molar refractivity (Wildman–Crippen MR) is 73.4 cm³/mol. The molecule has 90 valence electrons. The average molecular weight is 237 g/mol. The fourth-order valence-corrected chi connectivity index (χ4v) is 2.22. The van der Waals surface area contributed by atoms with Crippen molar-refractivity contribution in [3.8, 4) is 11.1 Å². The summed E-state index contributed by atoms with van der Waals surface area (Å²) < 4.78 is 0. The molecule has 3 nitrogen and oxygen atoms in total. The maximum Gasteiger partial charge on any atom is 0.0854 e. The minimum atomic E-state index is 0.911. The van der Waals surface area contributed by atoms with E-state index in [-0.39, 0.29) is 0 Å². The Morgan fingerprint density at radius 1 is 1.11 bits per heavy atom. The molecule has 3 heteroatoms. The summed E-state index contributed by atoms with van der Waals surface area (Å²) in [6.07, 6.45) is 5.66. The van der Waals surface area contributed by atoms with Crippen molar-refractivity contribution in [1.82, 2.24) is 9.88 Å². The summed E-state index contributed by atoms with van der Waals surface area (Å²) in [5, 5.41) is 0. The quantitative estimate of drug-likeness (QED) is 0.821. The van der Waals surface area contributed by atoms with Gasteiger partial charge in [0, 0.05) is 31.0 Å². The minimum absolute atomic E-state index is 0.911. The Hall–Kier alpha value is -2.16. The van der Waals surface area contributed by atoms with E-state index in [9.17, 15) is 0 Å². The Balaban J connectivity index is 1.92. The van der Waals surface area contributed by atoms with Gasteiger partial charge in [0.15, 0.2) is 0 Å². The standard InChI is InChI=1S/C15H15N3/c1-2-6-15(13-5-3-7-16-10-13)14(4-1)11-18-9-8-17-12-18/h1-7,10,12H,8-9,11H2. The van der Waals surface area contributed by atoms with Crippen LogP contribution in [0.1, 0.15) is 5.56 Å². The molecule has 0 radical (unpaired) electrons. The molecule has 2 heterocycles. The lowest BCUT2D eigenvalue weighted by Gasteiger charge is -2.16. The van der Waals surface area contributed by atoms with Crippen molar-refractivity contribution in [3.63, 3.8) is 0 Å². The lowest BCUT2D eigenvalue weighted by Crippen LogP contribution is -2.19. The molecule has 0 saturated heterocycles. The van der Waals surface area contributed by atoms with Gasteiger partial charge in [0.25, 0.3) is 0 Å². The summed E-state index contributed by atoms with van der Waals surface area (Å²) in [6.45, 7) is 2.84. The first kappa shape index (κ1) is 11.0. The number of aliphatic imine (C=N–C) groups is 1. The summed E-state index contributed by atoms with van der Waals surface area (Å²) in [6, 6.07) is 12.6. The third kappa shape index (κ3) is 2.25. The second-order valence-corrected chi connectivity index (χ2v) is 4.39. The second kappa shape index (κ2) is 5.00. The van der Waals surface area contributed by atoms with Gasteiger partial charge in [0.1, 0.15) is 0 Å². The number of nitrogens with zero attached hydrogens (tertiary/aromatic N) is 3. The molecule has 0 N–H and O–H groups in total. The average Bonchev–Trinajstić information content (AvgIpc) is 2.93. The monoisotopic (exact) mass is 237 g/mol. The highest BCUT2D eigenvalue weighted by molar-refractivity contribution is 5.67. The minimum Gasteiger partial charge on any atom is -0.357 e. The second-order valence-electron chi connectivity index (χ2n) is 4.39. The molecule has 0 amide bonds. The van der Waals surface area contributed by atoms with E-state index >= 15 is 0 Å². The molecule has 2 aromatic rings. The number of pyridine rings is 1. The molecule has 0 atom stereocenters. The molecule has 1 aromatic carbocycles. The lowest BCUT2D eigenvalue weighted by molar-refractivity contribution is 0.463. The predicted octanol–water partition coefficient (Wildman–Crippen LogP) is 2.59. The fraction of sp³-hybridized carbons (Fsp3) is 0.200. The van der Waals surface area contributed by atoms with Crippen LogP contribution in [0.2, 0.25) is 0 Å². The maximum atomic E-state index is 4.25. The Morgan fingerprint density at radius 2 is 2.06 bits per heavy atom. The van der Waals surface area contributed by atoms with Crippen molar-refractivity contribution >= 4 is 6.34 Å². The van der Waals surface area contributed by atoms with Crippen LogP contribution < -0.4 is 0 Å². The maximum absolute atomic E-state index is 4.25. The van der Waals surface area contributed by atoms with Gasteiger partial charge in [-0.05, 0) is 17.2 Å². The van der Waals surface area contributed by atoms with E-state index < -0.39 is 0 Å². The van der Waals surface area contributed by atoms with Gasteiger partial charge in [0.05, 0.1) is 12.9 Å². The number of hydrogen-bond acceptors (Lipinski definition) is 3. The number of aromatic nitrogens is 1. The van der Waals surface area contributed by atoms with E-state index in [1.807, 2.05) is 18.6 Å². The van der Waals surface area contributed by atoms with Gasteiger partial charge in [-0.1, -0.05) is 30.3 Å². The fourth-order valence-electron chi connectivity index (χ4n) is 2.22. The van der Waals surface area contributed by atoms with E-state index in [0.29, 0.717) is 0 Å². The molecule has 1 aliphatic heterocycles. The zero-order chi connectivity index (χ0) is 12.2. The van der Waals surface area contributed by atoms with Crippen molar-refractivity contribution in [2.45, 2.75) is 6.54 Å². The summed E-state index contributed by atoms with van der Waals surface area (Å²) in [4.78, 5) is 10.7. The number of rotatable bonds is 3. The topological polar surface area (TPSA) is 28.5 Å². The molecule has 1 aromatic heterocycles. The van der Waals surface area contributed by atoms with Gasteiger partial charge in [-0.25, -0.2) is 0 Å². The highest BCUT2D eigenvalue weighted by Gasteiger charge is 2.10. The molecule has 0 unspecified atom stereocenters. The lowest BCUT2D eigenvalue weighted by atomic mass is 10.0. The SMILES string of the molecule is C1=NCCN1Cc1ccccc1-c1cccnc1. The summed E-state index contributed by atoms with van der Waals surface area (Å²) in [5.41, 5.74) is 3.74. The van der Waals surface area contributed by atoms with Crippen LogP contribution in [0.5, 0.6) is 0 Å². The Kier molecular flexibility index (Phi) is 3.05. The van der Waals surface area contributed by atoms with E-state index in [2.05, 4.69) is 45.2 Å². The molecule has 0 spiro atoms. The smallest absolute Gasteiger partial charge is 0.0854 e. The number of benzene rings is 1. The van der Waals surface area contributed by atoms with Crippen molar-refractivity contribution in [2.75, 3.05) is 13.1 Å². The molecule has 18 heavy (non-hydrogen) atoms. The van der Waals surface area contributed by atoms with Crippen LogP contribution in [0, 0.1) is 0 Å². The van der Waals surface area contributed by atoms with E-state index in [1.54, 1.807) is 6.20 Å². The zero-order valence-electron chi connectivity index (χ0n) is 10.2. The number of hydrogen-bond donors (Lipinski definition) is 0.